The number of nitrogens with zero attached hydrogens (tertiary/aromatic N) is 2. The first-order chi connectivity index (χ1) is 4.93. The van der Waals surface area contributed by atoms with E-state index in [4.69, 9.17) is 0 Å². The molecule has 0 aliphatic heterocycles. The van der Waals surface area contributed by atoms with Crippen LogP contribution in [0.3, 0.4) is 0 Å². The van der Waals surface area contributed by atoms with Gasteiger partial charge in [-0.25, -0.2) is 0 Å². The summed E-state index contributed by atoms with van der Waals surface area (Å²) in [6.45, 7) is 0. The van der Waals surface area contributed by atoms with Gasteiger partial charge in [0, 0.05) is 18.6 Å². The van der Waals surface area contributed by atoms with Crippen LogP contribution in [0, 0.1) is 0 Å². The molecule has 10 heavy (non-hydrogen) atoms. The van der Waals surface area contributed by atoms with Crippen molar-refractivity contribution < 1.29 is 0 Å². The molecule has 0 atom stereocenters. The molecular formula is C7H9IN2. The lowest BCUT2D eigenvalue weighted by atomic mass is 10.3. The standard InChI is InChI=1S/C7H9IN2/c8-3-1-2-7-6-9-4-5-10-7/h4-6H,1-3H2. The van der Waals surface area contributed by atoms with Gasteiger partial charge in [0.15, 0.2) is 0 Å². The van der Waals surface area contributed by atoms with Gasteiger partial charge in [0.1, 0.15) is 0 Å². The molecule has 0 fully saturated rings. The molecule has 0 saturated heterocycles. The fourth-order valence-corrected chi connectivity index (χ4v) is 1.09. The maximum absolute atomic E-state index is 4.15. The number of aromatic nitrogens is 2. The summed E-state index contributed by atoms with van der Waals surface area (Å²) < 4.78 is 1.19. The lowest BCUT2D eigenvalue weighted by Gasteiger charge is -1.94. The number of halogens is 1. The maximum atomic E-state index is 4.15. The predicted molar refractivity (Wildman–Crippen MR) is 49.2 cm³/mol. The third-order valence-electron chi connectivity index (χ3n) is 1.18. The van der Waals surface area contributed by atoms with Crippen LogP contribution in [0.4, 0.5) is 0 Å². The van der Waals surface area contributed by atoms with Crippen LogP contribution in [-0.2, 0) is 6.42 Å². The van der Waals surface area contributed by atoms with E-state index in [2.05, 4.69) is 32.6 Å². The molecule has 3 heteroatoms. The highest BCUT2D eigenvalue weighted by Crippen LogP contribution is 1.98. The molecule has 0 aliphatic carbocycles. The Bertz CT molecular complexity index is 176. The lowest BCUT2D eigenvalue weighted by molar-refractivity contribution is 0.887. The van der Waals surface area contributed by atoms with Crippen LogP contribution < -0.4 is 0 Å². The van der Waals surface area contributed by atoms with Crippen molar-refractivity contribution in [2.24, 2.45) is 0 Å². The van der Waals surface area contributed by atoms with E-state index in [1.807, 2.05) is 6.20 Å². The SMILES string of the molecule is ICCCc1cnccn1. The predicted octanol–water partition coefficient (Wildman–Crippen LogP) is 1.84. The highest BCUT2D eigenvalue weighted by Gasteiger charge is 1.90. The quantitative estimate of drug-likeness (QED) is 0.602. The summed E-state index contributed by atoms with van der Waals surface area (Å²) in [5.74, 6) is 0. The van der Waals surface area contributed by atoms with Gasteiger partial charge in [-0.15, -0.1) is 0 Å². The zero-order valence-corrected chi connectivity index (χ0v) is 7.78. The van der Waals surface area contributed by atoms with E-state index in [1.54, 1.807) is 12.4 Å². The van der Waals surface area contributed by atoms with Crippen molar-refractivity contribution in [3.05, 3.63) is 24.3 Å². The molecule has 0 aromatic carbocycles. The molecule has 1 aromatic rings. The van der Waals surface area contributed by atoms with Crippen LogP contribution in [0.15, 0.2) is 18.6 Å². The topological polar surface area (TPSA) is 25.8 Å². The zero-order valence-electron chi connectivity index (χ0n) is 5.63. The monoisotopic (exact) mass is 248 g/mol. The molecule has 0 unspecified atom stereocenters. The van der Waals surface area contributed by atoms with E-state index < -0.39 is 0 Å². The second-order valence-corrected chi connectivity index (χ2v) is 3.07. The van der Waals surface area contributed by atoms with Gasteiger partial charge in [-0.2, -0.15) is 0 Å². The fourth-order valence-electron chi connectivity index (χ4n) is 0.707. The van der Waals surface area contributed by atoms with E-state index in [-0.39, 0.29) is 0 Å². The van der Waals surface area contributed by atoms with Gasteiger partial charge in [0.25, 0.3) is 0 Å². The number of hydrogen-bond acceptors (Lipinski definition) is 2. The van der Waals surface area contributed by atoms with Gasteiger partial charge in [0.2, 0.25) is 0 Å². The van der Waals surface area contributed by atoms with Gasteiger partial charge in [0.05, 0.1) is 5.69 Å². The number of aryl methyl sites for hydroxylation is 1. The first kappa shape index (κ1) is 7.91. The van der Waals surface area contributed by atoms with Gasteiger partial charge in [-0.05, 0) is 17.3 Å². The molecular weight excluding hydrogens is 239 g/mol. The number of alkyl halides is 1. The van der Waals surface area contributed by atoms with Crippen molar-refractivity contribution in [2.45, 2.75) is 12.8 Å². The normalized spacial score (nSPS) is 9.70. The van der Waals surface area contributed by atoms with Crippen molar-refractivity contribution in [3.8, 4) is 0 Å². The van der Waals surface area contributed by atoms with Crippen molar-refractivity contribution in [1.29, 1.82) is 0 Å². The number of hydrogen-bond donors (Lipinski definition) is 0. The van der Waals surface area contributed by atoms with Gasteiger partial charge < -0.3 is 0 Å². The van der Waals surface area contributed by atoms with Crippen LogP contribution >= 0.6 is 22.6 Å². The Hall–Kier alpha value is -0.190. The van der Waals surface area contributed by atoms with Gasteiger partial charge in [-0.1, -0.05) is 22.6 Å². The third-order valence-corrected chi connectivity index (χ3v) is 1.95. The minimum absolute atomic E-state index is 1.05. The Morgan fingerprint density at radius 3 is 2.90 bits per heavy atom. The molecule has 0 aliphatic rings. The molecule has 1 rings (SSSR count). The van der Waals surface area contributed by atoms with Crippen LogP contribution in [-0.4, -0.2) is 14.4 Å². The van der Waals surface area contributed by atoms with Crippen LogP contribution in [0.5, 0.6) is 0 Å². The molecule has 0 bridgehead atoms. The first-order valence-electron chi connectivity index (χ1n) is 3.24. The average Bonchev–Trinajstić information content (AvgIpc) is 2.03. The summed E-state index contributed by atoms with van der Waals surface area (Å²) in [7, 11) is 0. The molecule has 0 saturated carbocycles. The van der Waals surface area contributed by atoms with Crippen molar-refractivity contribution >= 4 is 22.6 Å². The van der Waals surface area contributed by atoms with Crippen LogP contribution in [0.25, 0.3) is 0 Å². The highest BCUT2D eigenvalue weighted by atomic mass is 127. The smallest absolute Gasteiger partial charge is 0.0586 e. The Labute approximate surface area is 74.2 Å². The molecule has 0 amide bonds. The molecule has 54 valence electrons. The van der Waals surface area contributed by atoms with Crippen molar-refractivity contribution in [1.82, 2.24) is 9.97 Å². The molecule has 1 aromatic heterocycles. The second-order valence-electron chi connectivity index (χ2n) is 1.99. The Morgan fingerprint density at radius 2 is 2.30 bits per heavy atom. The summed E-state index contributed by atoms with van der Waals surface area (Å²) in [6.07, 6.45) is 7.51. The van der Waals surface area contributed by atoms with E-state index in [9.17, 15) is 0 Å². The zero-order chi connectivity index (χ0) is 7.23. The lowest BCUT2D eigenvalue weighted by Crippen LogP contribution is -1.90. The molecule has 0 radical (unpaired) electrons. The first-order valence-corrected chi connectivity index (χ1v) is 4.77. The second kappa shape index (κ2) is 4.60. The van der Waals surface area contributed by atoms with E-state index in [0.717, 1.165) is 12.1 Å². The van der Waals surface area contributed by atoms with Gasteiger partial charge in [-0.3, -0.25) is 9.97 Å². The van der Waals surface area contributed by atoms with Crippen molar-refractivity contribution in [2.75, 3.05) is 4.43 Å². The summed E-state index contributed by atoms with van der Waals surface area (Å²) >= 11 is 2.37. The molecule has 2 nitrogen and oxygen atoms in total. The van der Waals surface area contributed by atoms with E-state index >= 15 is 0 Å². The van der Waals surface area contributed by atoms with Crippen LogP contribution in [0.1, 0.15) is 12.1 Å². The molecule has 0 spiro atoms. The Kier molecular flexibility index (Phi) is 3.64. The largest absolute Gasteiger partial charge is 0.261 e. The minimum atomic E-state index is 1.05. The minimum Gasteiger partial charge on any atom is -0.261 e. The van der Waals surface area contributed by atoms with Gasteiger partial charge >= 0.3 is 0 Å². The molecule has 1 heterocycles. The maximum Gasteiger partial charge on any atom is 0.0586 e. The van der Waals surface area contributed by atoms with E-state index in [0.29, 0.717) is 0 Å². The summed E-state index contributed by atoms with van der Waals surface area (Å²) in [4.78, 5) is 8.12. The third kappa shape index (κ3) is 2.60. The fraction of sp³-hybridized carbons (Fsp3) is 0.429. The van der Waals surface area contributed by atoms with Crippen LogP contribution in [0.2, 0.25) is 0 Å². The van der Waals surface area contributed by atoms with E-state index in [1.165, 1.54) is 10.8 Å². The van der Waals surface area contributed by atoms with Crippen molar-refractivity contribution in [3.63, 3.8) is 0 Å². The number of rotatable bonds is 3. The average molecular weight is 248 g/mol. The highest BCUT2D eigenvalue weighted by molar-refractivity contribution is 14.1. The Morgan fingerprint density at radius 1 is 1.40 bits per heavy atom. The summed E-state index contributed by atoms with van der Waals surface area (Å²) in [6, 6.07) is 0. The summed E-state index contributed by atoms with van der Waals surface area (Å²) in [5.41, 5.74) is 1.10. The Balaban J connectivity index is 2.43. The molecule has 0 N–H and O–H groups in total. The summed E-state index contributed by atoms with van der Waals surface area (Å²) in [5, 5.41) is 0.